The van der Waals surface area contributed by atoms with E-state index in [-0.39, 0.29) is 8.80 Å². The van der Waals surface area contributed by atoms with Crippen LogP contribution in [0.3, 0.4) is 0 Å². The van der Waals surface area contributed by atoms with Crippen molar-refractivity contribution >= 4 is 8.80 Å². The molecular formula is C25H32NSi. The van der Waals surface area contributed by atoms with Gasteiger partial charge in [0, 0.05) is 8.80 Å². The summed E-state index contributed by atoms with van der Waals surface area (Å²) in [5.74, 6) is 0.961. The summed E-state index contributed by atoms with van der Waals surface area (Å²) in [6.45, 7) is 2.31. The fourth-order valence-corrected chi connectivity index (χ4v) is 7.35. The van der Waals surface area contributed by atoms with Crippen LogP contribution < -0.4 is 0 Å². The van der Waals surface area contributed by atoms with E-state index in [2.05, 4.69) is 37.3 Å². The molecule has 27 heavy (non-hydrogen) atoms. The molecule has 1 aliphatic rings. The van der Waals surface area contributed by atoms with Gasteiger partial charge in [0.05, 0.1) is 11.6 Å². The van der Waals surface area contributed by atoms with Crippen molar-refractivity contribution in [2.45, 2.75) is 70.0 Å². The zero-order valence-electron chi connectivity index (χ0n) is 16.7. The van der Waals surface area contributed by atoms with E-state index in [1.54, 1.807) is 18.1 Å². The molecular weight excluding hydrogens is 342 g/mol. The first-order chi connectivity index (χ1) is 13.3. The highest BCUT2D eigenvalue weighted by atomic mass is 28.3. The first kappa shape index (κ1) is 19.9. The molecule has 3 rings (SSSR count). The molecule has 2 aromatic carbocycles. The smallest absolute Gasteiger partial charge is 0.0991 e. The lowest BCUT2D eigenvalue weighted by Gasteiger charge is -2.27. The van der Waals surface area contributed by atoms with Crippen LogP contribution in [0, 0.1) is 17.2 Å². The molecule has 1 fully saturated rings. The Hall–Kier alpha value is -1.85. The highest BCUT2D eigenvalue weighted by Crippen LogP contribution is 2.31. The minimum atomic E-state index is 0.00401. The topological polar surface area (TPSA) is 23.8 Å². The molecule has 0 aromatic heterocycles. The van der Waals surface area contributed by atoms with Crippen LogP contribution in [0.2, 0.25) is 18.1 Å². The third-order valence-corrected chi connectivity index (χ3v) is 9.14. The standard InChI is InChI=1S/C25H32NSi/c1-2-3-4-17-27-18-15-22(16-19-27)6-5-21-7-11-24(12-8-21)25-13-9-23(20-26)10-14-25/h7-14,22H,2-6,15-19H2,1H3. The predicted molar refractivity (Wildman–Crippen MR) is 117 cm³/mol. The van der Waals surface area contributed by atoms with Crippen molar-refractivity contribution in [1.29, 1.82) is 5.26 Å². The normalized spacial score (nSPS) is 15.6. The van der Waals surface area contributed by atoms with Crippen molar-refractivity contribution in [2.75, 3.05) is 0 Å². The second-order valence-electron chi connectivity index (χ2n) is 8.08. The number of nitrogens with zero attached hydrogens (tertiary/aromatic N) is 1. The van der Waals surface area contributed by atoms with E-state index in [9.17, 15) is 0 Å². The number of benzene rings is 2. The van der Waals surface area contributed by atoms with Crippen molar-refractivity contribution in [3.05, 3.63) is 59.7 Å². The maximum atomic E-state index is 8.92. The Kier molecular flexibility index (Phi) is 7.72. The van der Waals surface area contributed by atoms with Crippen LogP contribution in [0.1, 0.15) is 56.6 Å². The van der Waals surface area contributed by atoms with Crippen molar-refractivity contribution < 1.29 is 0 Å². The van der Waals surface area contributed by atoms with Gasteiger partial charge in [-0.05, 0) is 47.6 Å². The summed E-state index contributed by atoms with van der Waals surface area (Å²) in [6, 6.07) is 23.8. The molecule has 1 saturated heterocycles. The molecule has 1 radical (unpaired) electrons. The molecule has 0 saturated carbocycles. The zero-order chi connectivity index (χ0) is 18.9. The third kappa shape index (κ3) is 6.08. The number of aryl methyl sites for hydroxylation is 1. The maximum Gasteiger partial charge on any atom is 0.0991 e. The lowest BCUT2D eigenvalue weighted by molar-refractivity contribution is 0.437. The Labute approximate surface area is 167 Å². The van der Waals surface area contributed by atoms with Gasteiger partial charge in [-0.3, -0.25) is 0 Å². The number of hydrogen-bond acceptors (Lipinski definition) is 1. The van der Waals surface area contributed by atoms with Gasteiger partial charge in [-0.2, -0.15) is 5.26 Å². The van der Waals surface area contributed by atoms with Crippen LogP contribution in [0.4, 0.5) is 0 Å². The third-order valence-electron chi connectivity index (χ3n) is 6.09. The van der Waals surface area contributed by atoms with Crippen LogP contribution in [0.5, 0.6) is 0 Å². The van der Waals surface area contributed by atoms with Gasteiger partial charge in [-0.15, -0.1) is 0 Å². The van der Waals surface area contributed by atoms with Crippen LogP contribution in [0.25, 0.3) is 11.1 Å². The average Bonchev–Trinajstić information content (AvgIpc) is 2.74. The molecule has 0 aliphatic carbocycles. The minimum Gasteiger partial charge on any atom is -0.192 e. The second kappa shape index (κ2) is 10.5. The fraction of sp³-hybridized carbons (Fsp3) is 0.480. The molecule has 0 N–H and O–H groups in total. The summed E-state index contributed by atoms with van der Waals surface area (Å²) in [5, 5.41) is 8.92. The van der Waals surface area contributed by atoms with E-state index in [0.717, 1.165) is 11.5 Å². The predicted octanol–water partition coefficient (Wildman–Crippen LogP) is 7.25. The van der Waals surface area contributed by atoms with Gasteiger partial charge in [0.2, 0.25) is 0 Å². The first-order valence-electron chi connectivity index (χ1n) is 10.7. The molecule has 2 aromatic rings. The summed E-state index contributed by atoms with van der Waals surface area (Å²) < 4.78 is 0. The van der Waals surface area contributed by atoms with E-state index in [4.69, 9.17) is 5.26 Å². The SMILES string of the molecule is CCCCC[Si]1CCC(CCc2ccc(-c3ccc(C#N)cc3)cc2)CC1. The van der Waals surface area contributed by atoms with Crippen LogP contribution in [-0.2, 0) is 6.42 Å². The summed E-state index contributed by atoms with van der Waals surface area (Å²) in [6.07, 6.45) is 9.85. The lowest BCUT2D eigenvalue weighted by Crippen LogP contribution is -2.21. The molecule has 1 aliphatic heterocycles. The molecule has 0 atom stereocenters. The van der Waals surface area contributed by atoms with Gasteiger partial charge in [-0.1, -0.05) is 93.6 Å². The lowest BCUT2D eigenvalue weighted by atomic mass is 9.93. The Bertz CT molecular complexity index is 718. The summed E-state index contributed by atoms with van der Waals surface area (Å²) in [5.41, 5.74) is 4.61. The highest BCUT2D eigenvalue weighted by molar-refractivity contribution is 6.58. The van der Waals surface area contributed by atoms with E-state index < -0.39 is 0 Å². The van der Waals surface area contributed by atoms with E-state index in [1.807, 2.05) is 24.3 Å². The largest absolute Gasteiger partial charge is 0.192 e. The first-order valence-corrected chi connectivity index (χ1v) is 12.8. The monoisotopic (exact) mass is 374 g/mol. The molecule has 141 valence electrons. The van der Waals surface area contributed by atoms with Crippen molar-refractivity contribution in [2.24, 2.45) is 5.92 Å². The second-order valence-corrected chi connectivity index (χ2v) is 11.1. The van der Waals surface area contributed by atoms with E-state index >= 15 is 0 Å². The number of hydrogen-bond donors (Lipinski definition) is 0. The minimum absolute atomic E-state index is 0.00401. The number of rotatable bonds is 8. The summed E-state index contributed by atoms with van der Waals surface area (Å²) in [4.78, 5) is 0. The molecule has 0 bridgehead atoms. The average molecular weight is 375 g/mol. The van der Waals surface area contributed by atoms with Gasteiger partial charge in [0.25, 0.3) is 0 Å². The van der Waals surface area contributed by atoms with Crippen LogP contribution in [-0.4, -0.2) is 8.80 Å². The quantitative estimate of drug-likeness (QED) is 0.352. The van der Waals surface area contributed by atoms with Gasteiger partial charge in [0.1, 0.15) is 0 Å². The van der Waals surface area contributed by atoms with Gasteiger partial charge in [0.15, 0.2) is 0 Å². The Balaban J connectivity index is 1.43. The van der Waals surface area contributed by atoms with Crippen molar-refractivity contribution in [3.8, 4) is 17.2 Å². The molecule has 2 heteroatoms. The van der Waals surface area contributed by atoms with E-state index in [1.165, 1.54) is 61.6 Å². The fourth-order valence-electron chi connectivity index (χ4n) is 4.22. The summed E-state index contributed by atoms with van der Waals surface area (Å²) in [7, 11) is 0.00401. The molecule has 0 spiro atoms. The number of nitriles is 1. The Morgan fingerprint density at radius 1 is 0.926 bits per heavy atom. The molecule has 0 amide bonds. The molecule has 0 unspecified atom stereocenters. The zero-order valence-corrected chi connectivity index (χ0v) is 17.7. The molecule has 1 nitrogen and oxygen atoms in total. The summed E-state index contributed by atoms with van der Waals surface area (Å²) >= 11 is 0. The Morgan fingerprint density at radius 3 is 2.15 bits per heavy atom. The van der Waals surface area contributed by atoms with Crippen LogP contribution >= 0.6 is 0 Å². The van der Waals surface area contributed by atoms with Crippen molar-refractivity contribution in [1.82, 2.24) is 0 Å². The Morgan fingerprint density at radius 2 is 1.56 bits per heavy atom. The van der Waals surface area contributed by atoms with Gasteiger partial charge in [-0.25, -0.2) is 0 Å². The maximum absolute atomic E-state index is 8.92. The molecule has 1 heterocycles. The van der Waals surface area contributed by atoms with Gasteiger partial charge >= 0.3 is 0 Å². The van der Waals surface area contributed by atoms with E-state index in [0.29, 0.717) is 0 Å². The number of unbranched alkanes of at least 4 members (excludes halogenated alkanes) is 2. The van der Waals surface area contributed by atoms with Crippen molar-refractivity contribution in [3.63, 3.8) is 0 Å². The highest BCUT2D eigenvalue weighted by Gasteiger charge is 2.21. The van der Waals surface area contributed by atoms with Gasteiger partial charge < -0.3 is 0 Å². The van der Waals surface area contributed by atoms with Crippen LogP contribution in [0.15, 0.2) is 48.5 Å².